The van der Waals surface area contributed by atoms with E-state index in [2.05, 4.69) is 20.9 Å². The van der Waals surface area contributed by atoms with Crippen molar-refractivity contribution >= 4 is 33.2 Å². The Hall–Kier alpha value is -1.14. The molecule has 2 aromatic rings. The minimum atomic E-state index is -0.928. The lowest BCUT2D eigenvalue weighted by molar-refractivity contribution is 0.0700. The quantitative estimate of drug-likeness (QED) is 0.931. The van der Waals surface area contributed by atoms with E-state index in [1.54, 1.807) is 12.1 Å². The molecule has 0 amide bonds. The fourth-order valence-corrected chi connectivity index (χ4v) is 2.68. The molecule has 0 spiro atoms. The number of carbonyl (C=O) groups is 1. The molecule has 0 fully saturated rings. The van der Waals surface area contributed by atoms with Crippen LogP contribution in [0, 0.1) is 0 Å². The van der Waals surface area contributed by atoms with Gasteiger partial charge < -0.3 is 9.52 Å². The molecular weight excluding hydrogens is 306 g/mol. The number of hydrogen-bond acceptors (Lipinski definition) is 4. The number of rotatable bonds is 4. The van der Waals surface area contributed by atoms with Gasteiger partial charge in [-0.25, -0.2) is 9.78 Å². The second-order valence-electron chi connectivity index (χ2n) is 3.45. The highest BCUT2D eigenvalue weighted by molar-refractivity contribution is 9.10. The first-order valence-electron chi connectivity index (χ1n) is 5.10. The second kappa shape index (κ2) is 5.01. The van der Waals surface area contributed by atoms with Crippen molar-refractivity contribution in [3.05, 3.63) is 27.4 Å². The van der Waals surface area contributed by atoms with Gasteiger partial charge in [0.25, 0.3) is 0 Å². The number of hydrogen-bond donors (Lipinski definition) is 1. The Kier molecular flexibility index (Phi) is 3.63. The number of aromatic nitrogens is 1. The number of aryl methyl sites for hydroxylation is 1. The van der Waals surface area contributed by atoms with Gasteiger partial charge in [0.1, 0.15) is 4.88 Å². The number of halogens is 1. The molecule has 2 rings (SSSR count). The molecule has 2 aromatic heterocycles. The fraction of sp³-hybridized carbons (Fsp3) is 0.273. The summed E-state index contributed by atoms with van der Waals surface area (Å²) < 4.78 is 5.98. The van der Waals surface area contributed by atoms with Crippen LogP contribution in [0.15, 0.2) is 21.2 Å². The van der Waals surface area contributed by atoms with Crippen LogP contribution in [0.4, 0.5) is 0 Å². The SMILES string of the molecule is CCCc1nc(-c2ccc(Br)o2)sc1C(=O)O. The van der Waals surface area contributed by atoms with Crippen molar-refractivity contribution in [1.82, 2.24) is 4.98 Å². The first-order chi connectivity index (χ1) is 8.11. The Bertz CT molecular complexity index is 547. The minimum absolute atomic E-state index is 0.300. The van der Waals surface area contributed by atoms with E-state index in [4.69, 9.17) is 9.52 Å². The Morgan fingerprint density at radius 2 is 2.35 bits per heavy atom. The Labute approximate surface area is 110 Å². The van der Waals surface area contributed by atoms with Crippen molar-refractivity contribution in [3.63, 3.8) is 0 Å². The third-order valence-electron chi connectivity index (χ3n) is 2.16. The van der Waals surface area contributed by atoms with Gasteiger partial charge in [-0.3, -0.25) is 0 Å². The molecule has 0 saturated carbocycles. The van der Waals surface area contributed by atoms with Crippen LogP contribution in [0.5, 0.6) is 0 Å². The molecule has 0 aliphatic heterocycles. The predicted octanol–water partition coefficient (Wildman–Crippen LogP) is 3.82. The highest BCUT2D eigenvalue weighted by atomic mass is 79.9. The highest BCUT2D eigenvalue weighted by Crippen LogP contribution is 2.31. The van der Waals surface area contributed by atoms with Gasteiger partial charge in [0.05, 0.1) is 5.69 Å². The summed E-state index contributed by atoms with van der Waals surface area (Å²) in [5, 5.41) is 9.70. The summed E-state index contributed by atoms with van der Waals surface area (Å²) in [7, 11) is 0. The summed E-state index contributed by atoms with van der Waals surface area (Å²) in [5.74, 6) is -0.338. The van der Waals surface area contributed by atoms with Gasteiger partial charge in [-0.1, -0.05) is 13.3 Å². The highest BCUT2D eigenvalue weighted by Gasteiger charge is 2.18. The van der Waals surface area contributed by atoms with Crippen molar-refractivity contribution < 1.29 is 14.3 Å². The standard InChI is InChI=1S/C11H10BrNO3S/c1-2-3-6-9(11(14)15)17-10(13-6)7-4-5-8(12)16-7/h4-5H,2-3H2,1H3,(H,14,15). The average Bonchev–Trinajstić information content (AvgIpc) is 2.85. The average molecular weight is 316 g/mol. The number of aromatic carboxylic acids is 1. The summed E-state index contributed by atoms with van der Waals surface area (Å²) in [6.07, 6.45) is 1.53. The van der Waals surface area contributed by atoms with Crippen LogP contribution in [0.2, 0.25) is 0 Å². The third kappa shape index (κ3) is 2.58. The Morgan fingerprint density at radius 1 is 1.59 bits per heavy atom. The zero-order valence-electron chi connectivity index (χ0n) is 9.07. The molecule has 17 heavy (non-hydrogen) atoms. The number of carboxylic acids is 1. The maximum atomic E-state index is 11.1. The fourth-order valence-electron chi connectivity index (χ4n) is 1.46. The van der Waals surface area contributed by atoms with E-state index in [1.165, 1.54) is 0 Å². The lowest BCUT2D eigenvalue weighted by atomic mass is 10.2. The Balaban J connectivity index is 2.43. The van der Waals surface area contributed by atoms with Crippen LogP contribution in [0.1, 0.15) is 28.7 Å². The van der Waals surface area contributed by atoms with Gasteiger partial charge in [-0.2, -0.15) is 0 Å². The molecule has 0 bridgehead atoms. The number of furan rings is 1. The first-order valence-corrected chi connectivity index (χ1v) is 6.71. The zero-order valence-corrected chi connectivity index (χ0v) is 11.5. The van der Waals surface area contributed by atoms with Crippen molar-refractivity contribution in [2.24, 2.45) is 0 Å². The molecule has 0 aliphatic rings. The third-order valence-corrected chi connectivity index (χ3v) is 3.69. The molecule has 4 nitrogen and oxygen atoms in total. The largest absolute Gasteiger partial charge is 0.477 e. The molecule has 0 saturated heterocycles. The lowest BCUT2D eigenvalue weighted by Gasteiger charge is -1.92. The summed E-state index contributed by atoms with van der Waals surface area (Å²) in [5.41, 5.74) is 0.632. The van der Waals surface area contributed by atoms with Gasteiger partial charge >= 0.3 is 5.97 Å². The van der Waals surface area contributed by atoms with Crippen molar-refractivity contribution in [2.75, 3.05) is 0 Å². The molecule has 90 valence electrons. The van der Waals surface area contributed by atoms with E-state index < -0.39 is 5.97 Å². The van der Waals surface area contributed by atoms with Gasteiger partial charge in [-0.05, 0) is 34.5 Å². The molecule has 0 unspecified atom stereocenters. The van der Waals surface area contributed by atoms with Crippen molar-refractivity contribution in [1.29, 1.82) is 0 Å². The van der Waals surface area contributed by atoms with Gasteiger partial charge in [-0.15, -0.1) is 11.3 Å². The zero-order chi connectivity index (χ0) is 12.4. The lowest BCUT2D eigenvalue weighted by Crippen LogP contribution is -1.98. The van der Waals surface area contributed by atoms with Crippen molar-refractivity contribution in [3.8, 4) is 10.8 Å². The van der Waals surface area contributed by atoms with E-state index in [-0.39, 0.29) is 0 Å². The van der Waals surface area contributed by atoms with E-state index >= 15 is 0 Å². The van der Waals surface area contributed by atoms with E-state index in [0.717, 1.165) is 17.8 Å². The van der Waals surface area contributed by atoms with E-state index in [9.17, 15) is 4.79 Å². The van der Waals surface area contributed by atoms with Crippen LogP contribution in [-0.2, 0) is 6.42 Å². The number of thiazole rings is 1. The van der Waals surface area contributed by atoms with Crippen LogP contribution in [-0.4, -0.2) is 16.1 Å². The molecular formula is C11H10BrNO3S. The number of carboxylic acid groups (broad SMARTS) is 1. The minimum Gasteiger partial charge on any atom is -0.477 e. The van der Waals surface area contributed by atoms with Crippen LogP contribution >= 0.6 is 27.3 Å². The molecule has 0 radical (unpaired) electrons. The maximum absolute atomic E-state index is 11.1. The predicted molar refractivity (Wildman–Crippen MR) is 68.5 cm³/mol. The molecule has 6 heteroatoms. The van der Waals surface area contributed by atoms with Gasteiger partial charge in [0, 0.05) is 0 Å². The molecule has 0 aromatic carbocycles. The summed E-state index contributed by atoms with van der Waals surface area (Å²) in [6, 6.07) is 3.53. The second-order valence-corrected chi connectivity index (χ2v) is 5.23. The van der Waals surface area contributed by atoms with Crippen molar-refractivity contribution in [2.45, 2.75) is 19.8 Å². The van der Waals surface area contributed by atoms with Crippen LogP contribution in [0.3, 0.4) is 0 Å². The summed E-state index contributed by atoms with van der Waals surface area (Å²) >= 11 is 4.36. The van der Waals surface area contributed by atoms with E-state index in [1.807, 2.05) is 6.92 Å². The molecule has 1 N–H and O–H groups in total. The first kappa shape index (κ1) is 12.3. The monoisotopic (exact) mass is 315 g/mol. The smallest absolute Gasteiger partial charge is 0.347 e. The molecule has 0 aliphatic carbocycles. The number of nitrogens with zero attached hydrogens (tertiary/aromatic N) is 1. The normalized spacial score (nSPS) is 10.7. The molecule has 2 heterocycles. The van der Waals surface area contributed by atoms with Gasteiger partial charge in [0.15, 0.2) is 15.4 Å². The topological polar surface area (TPSA) is 63.3 Å². The maximum Gasteiger partial charge on any atom is 0.347 e. The van der Waals surface area contributed by atoms with Gasteiger partial charge in [0.2, 0.25) is 0 Å². The molecule has 0 atom stereocenters. The summed E-state index contributed by atoms with van der Waals surface area (Å²) in [4.78, 5) is 15.7. The Morgan fingerprint density at radius 3 is 2.88 bits per heavy atom. The van der Waals surface area contributed by atoms with Crippen LogP contribution in [0.25, 0.3) is 10.8 Å². The summed E-state index contributed by atoms with van der Waals surface area (Å²) in [6.45, 7) is 1.99. The van der Waals surface area contributed by atoms with Crippen LogP contribution < -0.4 is 0 Å². The van der Waals surface area contributed by atoms with E-state index in [0.29, 0.717) is 32.4 Å².